The first-order valence-electron chi connectivity index (χ1n) is 6.87. The Bertz CT molecular complexity index is 540. The molecular formula is C17H20BrNS. The van der Waals surface area contributed by atoms with Crippen molar-refractivity contribution in [2.24, 2.45) is 5.92 Å². The molecule has 0 aliphatic carbocycles. The van der Waals surface area contributed by atoms with Crippen LogP contribution in [0.25, 0.3) is 0 Å². The van der Waals surface area contributed by atoms with Crippen LogP contribution in [0.5, 0.6) is 0 Å². The molecule has 106 valence electrons. The van der Waals surface area contributed by atoms with Crippen molar-refractivity contribution in [1.82, 2.24) is 5.32 Å². The Balaban J connectivity index is 2.11. The molecule has 0 amide bonds. The third kappa shape index (κ3) is 4.97. The van der Waals surface area contributed by atoms with E-state index in [9.17, 15) is 0 Å². The maximum absolute atomic E-state index is 3.57. The zero-order chi connectivity index (χ0) is 14.4. The summed E-state index contributed by atoms with van der Waals surface area (Å²) in [7, 11) is 0. The van der Waals surface area contributed by atoms with Crippen LogP contribution in [0.3, 0.4) is 0 Å². The summed E-state index contributed by atoms with van der Waals surface area (Å²) in [5.74, 6) is 0.673. The Kier molecular flexibility index (Phi) is 6.14. The van der Waals surface area contributed by atoms with Crippen molar-refractivity contribution in [3.63, 3.8) is 0 Å². The quantitative estimate of drug-likeness (QED) is 0.754. The summed E-state index contributed by atoms with van der Waals surface area (Å²) in [6.45, 7) is 6.41. The molecule has 0 aliphatic rings. The molecule has 0 spiro atoms. The molecule has 0 unspecified atom stereocenters. The fraction of sp³-hybridized carbons (Fsp3) is 0.294. The highest BCUT2D eigenvalue weighted by Crippen LogP contribution is 2.31. The van der Waals surface area contributed by atoms with Gasteiger partial charge in [-0.25, -0.2) is 0 Å². The van der Waals surface area contributed by atoms with Crippen molar-refractivity contribution in [3.05, 3.63) is 58.6 Å². The van der Waals surface area contributed by atoms with Crippen LogP contribution < -0.4 is 5.32 Å². The van der Waals surface area contributed by atoms with Crippen LogP contribution in [0.2, 0.25) is 0 Å². The lowest BCUT2D eigenvalue weighted by atomic mass is 10.2. The minimum absolute atomic E-state index is 0.673. The Hall–Kier alpha value is -0.770. The average Bonchev–Trinajstić information content (AvgIpc) is 2.42. The topological polar surface area (TPSA) is 12.0 Å². The molecule has 1 N–H and O–H groups in total. The van der Waals surface area contributed by atoms with Gasteiger partial charge in [0.25, 0.3) is 0 Å². The van der Waals surface area contributed by atoms with Crippen molar-refractivity contribution in [1.29, 1.82) is 0 Å². The van der Waals surface area contributed by atoms with Crippen LogP contribution in [-0.4, -0.2) is 6.54 Å². The van der Waals surface area contributed by atoms with E-state index >= 15 is 0 Å². The van der Waals surface area contributed by atoms with Crippen LogP contribution >= 0.6 is 27.7 Å². The second-order valence-corrected chi connectivity index (χ2v) is 7.22. The summed E-state index contributed by atoms with van der Waals surface area (Å²) in [6, 6.07) is 17.0. The summed E-state index contributed by atoms with van der Waals surface area (Å²) in [5, 5.41) is 3.52. The lowest BCUT2D eigenvalue weighted by Crippen LogP contribution is -2.19. The Morgan fingerprint density at radius 3 is 2.55 bits per heavy atom. The van der Waals surface area contributed by atoms with E-state index in [1.807, 2.05) is 11.8 Å². The van der Waals surface area contributed by atoms with Gasteiger partial charge in [0.2, 0.25) is 0 Å². The smallest absolute Gasteiger partial charge is 0.0217 e. The lowest BCUT2D eigenvalue weighted by Gasteiger charge is -2.12. The van der Waals surface area contributed by atoms with E-state index in [1.165, 1.54) is 15.4 Å². The van der Waals surface area contributed by atoms with Crippen LogP contribution in [0, 0.1) is 5.92 Å². The van der Waals surface area contributed by atoms with Gasteiger partial charge in [-0.3, -0.25) is 0 Å². The number of halogens is 1. The standard InChI is InChI=1S/C17H20BrNS/c1-13(2)11-19-12-14-10-15(18)8-9-17(14)20-16-6-4-3-5-7-16/h3-10,13,19H,11-12H2,1-2H3. The minimum atomic E-state index is 0.673. The molecule has 1 nitrogen and oxygen atoms in total. The van der Waals surface area contributed by atoms with Gasteiger partial charge in [-0.15, -0.1) is 0 Å². The van der Waals surface area contributed by atoms with Crippen molar-refractivity contribution in [2.75, 3.05) is 6.54 Å². The molecule has 0 atom stereocenters. The predicted octanol–water partition coefficient (Wildman–Crippen LogP) is 5.35. The minimum Gasteiger partial charge on any atom is -0.312 e. The number of rotatable bonds is 6. The van der Waals surface area contributed by atoms with Gasteiger partial charge in [0.15, 0.2) is 0 Å². The van der Waals surface area contributed by atoms with E-state index in [0.29, 0.717) is 5.92 Å². The van der Waals surface area contributed by atoms with Gasteiger partial charge in [-0.1, -0.05) is 59.7 Å². The summed E-state index contributed by atoms with van der Waals surface area (Å²) < 4.78 is 1.14. The molecule has 0 fully saturated rings. The third-order valence-electron chi connectivity index (χ3n) is 2.86. The Morgan fingerprint density at radius 1 is 1.10 bits per heavy atom. The van der Waals surface area contributed by atoms with Crippen molar-refractivity contribution < 1.29 is 0 Å². The number of nitrogens with one attached hydrogen (secondary N) is 1. The maximum atomic E-state index is 3.57. The highest BCUT2D eigenvalue weighted by atomic mass is 79.9. The number of hydrogen-bond acceptors (Lipinski definition) is 2. The Labute approximate surface area is 134 Å². The molecule has 0 radical (unpaired) electrons. The lowest BCUT2D eigenvalue weighted by molar-refractivity contribution is 0.550. The first-order valence-corrected chi connectivity index (χ1v) is 8.48. The molecule has 0 saturated carbocycles. The fourth-order valence-corrected chi connectivity index (χ4v) is 3.25. The zero-order valence-corrected chi connectivity index (χ0v) is 14.3. The molecule has 0 heterocycles. The molecular weight excluding hydrogens is 330 g/mol. The summed E-state index contributed by atoms with van der Waals surface area (Å²) >= 11 is 5.39. The highest BCUT2D eigenvalue weighted by molar-refractivity contribution is 9.10. The van der Waals surface area contributed by atoms with Crippen LogP contribution in [0.1, 0.15) is 19.4 Å². The summed E-state index contributed by atoms with van der Waals surface area (Å²) in [6.07, 6.45) is 0. The van der Waals surface area contributed by atoms with E-state index in [0.717, 1.165) is 17.6 Å². The second-order valence-electron chi connectivity index (χ2n) is 5.19. The molecule has 20 heavy (non-hydrogen) atoms. The third-order valence-corrected chi connectivity index (χ3v) is 4.48. The van der Waals surface area contributed by atoms with E-state index in [2.05, 4.69) is 83.6 Å². The number of hydrogen-bond donors (Lipinski definition) is 1. The van der Waals surface area contributed by atoms with Crippen LogP contribution in [-0.2, 0) is 6.54 Å². The van der Waals surface area contributed by atoms with Crippen molar-refractivity contribution >= 4 is 27.7 Å². The molecule has 0 aliphatic heterocycles. The van der Waals surface area contributed by atoms with Crippen LogP contribution in [0.15, 0.2) is 62.8 Å². The van der Waals surface area contributed by atoms with E-state index < -0.39 is 0 Å². The van der Waals surface area contributed by atoms with Gasteiger partial charge in [-0.2, -0.15) is 0 Å². The highest BCUT2D eigenvalue weighted by Gasteiger charge is 2.06. The molecule has 3 heteroatoms. The SMILES string of the molecule is CC(C)CNCc1cc(Br)ccc1Sc1ccccc1. The van der Waals surface area contributed by atoms with Gasteiger partial charge < -0.3 is 5.32 Å². The van der Waals surface area contributed by atoms with Gasteiger partial charge in [0.05, 0.1) is 0 Å². The van der Waals surface area contributed by atoms with E-state index in [-0.39, 0.29) is 0 Å². The average molecular weight is 350 g/mol. The molecule has 2 aromatic rings. The van der Waals surface area contributed by atoms with Crippen LogP contribution in [0.4, 0.5) is 0 Å². The molecule has 0 saturated heterocycles. The first-order chi connectivity index (χ1) is 9.65. The Morgan fingerprint density at radius 2 is 1.85 bits per heavy atom. The molecule has 2 aromatic carbocycles. The summed E-state index contributed by atoms with van der Waals surface area (Å²) in [5.41, 5.74) is 1.34. The molecule has 2 rings (SSSR count). The van der Waals surface area contributed by atoms with Gasteiger partial charge in [0, 0.05) is 20.8 Å². The normalized spacial score (nSPS) is 11.0. The zero-order valence-electron chi connectivity index (χ0n) is 11.9. The fourth-order valence-electron chi connectivity index (χ4n) is 1.90. The summed E-state index contributed by atoms with van der Waals surface area (Å²) in [4.78, 5) is 2.59. The monoisotopic (exact) mass is 349 g/mol. The van der Waals surface area contributed by atoms with Gasteiger partial charge >= 0.3 is 0 Å². The van der Waals surface area contributed by atoms with E-state index in [1.54, 1.807) is 0 Å². The predicted molar refractivity (Wildman–Crippen MR) is 91.3 cm³/mol. The van der Waals surface area contributed by atoms with Crippen molar-refractivity contribution in [2.45, 2.75) is 30.2 Å². The molecule has 0 aromatic heterocycles. The largest absolute Gasteiger partial charge is 0.312 e. The number of benzene rings is 2. The van der Waals surface area contributed by atoms with Gasteiger partial charge in [0.1, 0.15) is 0 Å². The molecule has 0 bridgehead atoms. The van der Waals surface area contributed by atoms with E-state index in [4.69, 9.17) is 0 Å². The first kappa shape index (κ1) is 15.6. The van der Waals surface area contributed by atoms with Crippen molar-refractivity contribution in [3.8, 4) is 0 Å². The second kappa shape index (κ2) is 7.87. The van der Waals surface area contributed by atoms with Gasteiger partial charge in [-0.05, 0) is 48.4 Å². The maximum Gasteiger partial charge on any atom is 0.0217 e.